The first-order valence-electron chi connectivity index (χ1n) is 9.52. The van der Waals surface area contributed by atoms with Crippen LogP contribution >= 0.6 is 0 Å². The quantitative estimate of drug-likeness (QED) is 0.599. The molecule has 10 heteroatoms. The highest BCUT2D eigenvalue weighted by atomic mass is 19.3. The second kappa shape index (κ2) is 7.51. The maximum Gasteiger partial charge on any atom is 0.247 e. The Morgan fingerprint density at radius 3 is 2.83 bits per heavy atom. The van der Waals surface area contributed by atoms with Gasteiger partial charge in [0, 0.05) is 49.7 Å². The molecule has 0 atom stereocenters. The molecule has 1 aliphatic rings. The van der Waals surface area contributed by atoms with Gasteiger partial charge in [-0.05, 0) is 13.0 Å². The number of carbonyl (C=O) groups excluding carboxylic acids is 1. The van der Waals surface area contributed by atoms with Crippen LogP contribution in [0, 0.1) is 0 Å². The first-order chi connectivity index (χ1) is 14.2. The zero-order valence-corrected chi connectivity index (χ0v) is 16.7. The number of fused-ring (bicyclic) bond motifs is 1. The fraction of sp³-hybridized carbons (Fsp3) is 0.400. The Kier molecular flexibility index (Phi) is 5.00. The van der Waals surface area contributed by atoms with Gasteiger partial charge in [0.15, 0.2) is 0 Å². The van der Waals surface area contributed by atoms with Crippen molar-refractivity contribution in [3.05, 3.63) is 43.0 Å². The van der Waals surface area contributed by atoms with E-state index in [-0.39, 0.29) is 11.6 Å². The summed E-state index contributed by atoms with van der Waals surface area (Å²) in [6.45, 7) is 5.35. The Balaban J connectivity index is 1.46. The molecular weight excluding hydrogens is 394 g/mol. The van der Waals surface area contributed by atoms with Gasteiger partial charge >= 0.3 is 0 Å². The van der Waals surface area contributed by atoms with Gasteiger partial charge in [0.2, 0.25) is 18.2 Å². The number of nitrogens with one attached hydrogen (secondary N) is 1. The van der Waals surface area contributed by atoms with Crippen molar-refractivity contribution in [2.24, 2.45) is 7.05 Å². The van der Waals surface area contributed by atoms with Gasteiger partial charge in [-0.1, -0.05) is 6.58 Å². The highest BCUT2D eigenvalue weighted by Gasteiger charge is 2.44. The van der Waals surface area contributed by atoms with E-state index in [1.54, 1.807) is 27.8 Å². The zero-order chi connectivity index (χ0) is 21.5. The molecule has 30 heavy (non-hydrogen) atoms. The third-order valence-electron chi connectivity index (χ3n) is 5.11. The summed E-state index contributed by atoms with van der Waals surface area (Å²) in [6, 6.07) is 1.64. The van der Waals surface area contributed by atoms with Gasteiger partial charge in [0.05, 0.1) is 24.3 Å². The van der Waals surface area contributed by atoms with Crippen LogP contribution in [-0.4, -0.2) is 48.4 Å². The second-order valence-corrected chi connectivity index (χ2v) is 7.82. The number of hydrogen-bond acceptors (Lipinski definition) is 5. The van der Waals surface area contributed by atoms with Crippen molar-refractivity contribution in [2.75, 3.05) is 0 Å². The van der Waals surface area contributed by atoms with Gasteiger partial charge in [0.1, 0.15) is 11.1 Å². The Labute approximate surface area is 171 Å². The summed E-state index contributed by atoms with van der Waals surface area (Å²) >= 11 is 0. The minimum absolute atomic E-state index is 0.119. The highest BCUT2D eigenvalue weighted by Crippen LogP contribution is 2.38. The van der Waals surface area contributed by atoms with Gasteiger partial charge < -0.3 is 10.1 Å². The van der Waals surface area contributed by atoms with Crippen molar-refractivity contribution in [3.8, 4) is 17.1 Å². The lowest BCUT2D eigenvalue weighted by Gasteiger charge is -2.44. The zero-order valence-electron chi connectivity index (χ0n) is 16.7. The molecule has 3 aromatic rings. The van der Waals surface area contributed by atoms with Gasteiger partial charge in [-0.15, -0.1) is 0 Å². The molecule has 3 heterocycles. The Morgan fingerprint density at radius 1 is 1.40 bits per heavy atom. The SMILES string of the molecule is C=C(CC(F)F)C(=O)NC1CC(C)(Oc2nc(-c3cnn(C)c3)cn3nccc23)C1. The van der Waals surface area contributed by atoms with Crippen LogP contribution in [0.5, 0.6) is 5.88 Å². The van der Waals surface area contributed by atoms with Crippen LogP contribution in [0.1, 0.15) is 26.2 Å². The van der Waals surface area contributed by atoms with Crippen LogP contribution in [0.25, 0.3) is 16.8 Å². The first-order valence-corrected chi connectivity index (χ1v) is 9.52. The maximum atomic E-state index is 12.4. The van der Waals surface area contributed by atoms with Gasteiger partial charge in [0.25, 0.3) is 0 Å². The van der Waals surface area contributed by atoms with Crippen molar-refractivity contribution in [2.45, 2.75) is 44.3 Å². The Hall–Kier alpha value is -3.30. The van der Waals surface area contributed by atoms with E-state index in [9.17, 15) is 13.6 Å². The number of aromatic nitrogens is 5. The standard InChI is InChI=1S/C20H22F2N6O2/c1-12(6-17(21)22)18(29)25-14-7-20(2,8-14)30-19-16-4-5-23-28(16)11-15(26-19)13-9-24-27(3)10-13/h4-5,9-11,14,17H,1,6-8H2,2-3H3,(H,25,29). The highest BCUT2D eigenvalue weighted by molar-refractivity contribution is 5.93. The van der Waals surface area contributed by atoms with E-state index in [0.29, 0.717) is 24.4 Å². The summed E-state index contributed by atoms with van der Waals surface area (Å²) in [5.41, 5.74) is 1.56. The molecule has 0 aromatic carbocycles. The molecule has 1 saturated carbocycles. The van der Waals surface area contributed by atoms with Crippen molar-refractivity contribution >= 4 is 11.4 Å². The molecule has 1 aliphatic carbocycles. The fourth-order valence-corrected chi connectivity index (χ4v) is 3.63. The molecule has 0 radical (unpaired) electrons. The second-order valence-electron chi connectivity index (χ2n) is 7.82. The van der Waals surface area contributed by atoms with Crippen LogP contribution in [-0.2, 0) is 11.8 Å². The van der Waals surface area contributed by atoms with Gasteiger partial charge in [-0.2, -0.15) is 10.2 Å². The van der Waals surface area contributed by atoms with Crippen LogP contribution in [0.15, 0.2) is 43.0 Å². The Morgan fingerprint density at radius 2 is 2.17 bits per heavy atom. The lowest BCUT2D eigenvalue weighted by Crippen LogP contribution is -2.56. The van der Waals surface area contributed by atoms with E-state index in [1.807, 2.05) is 26.2 Å². The minimum Gasteiger partial charge on any atom is -0.470 e. The summed E-state index contributed by atoms with van der Waals surface area (Å²) < 4.78 is 34.4. The van der Waals surface area contributed by atoms with E-state index in [4.69, 9.17) is 4.74 Å². The predicted octanol–water partition coefficient (Wildman–Crippen LogP) is 2.76. The minimum atomic E-state index is -2.59. The number of hydrogen-bond donors (Lipinski definition) is 1. The number of ether oxygens (including phenoxy) is 1. The van der Waals surface area contributed by atoms with E-state index in [2.05, 4.69) is 27.1 Å². The monoisotopic (exact) mass is 416 g/mol. The van der Waals surface area contributed by atoms with E-state index >= 15 is 0 Å². The maximum absolute atomic E-state index is 12.4. The van der Waals surface area contributed by atoms with Crippen LogP contribution in [0.4, 0.5) is 8.78 Å². The lowest BCUT2D eigenvalue weighted by atomic mass is 9.76. The number of alkyl halides is 2. The third kappa shape index (κ3) is 4.03. The summed E-state index contributed by atoms with van der Waals surface area (Å²) in [5.74, 6) is -0.111. The van der Waals surface area contributed by atoms with Crippen molar-refractivity contribution in [3.63, 3.8) is 0 Å². The molecule has 0 aliphatic heterocycles. The Bertz CT molecular complexity index is 1100. The molecule has 4 rings (SSSR count). The van der Waals surface area contributed by atoms with E-state index in [1.165, 1.54) is 0 Å². The van der Waals surface area contributed by atoms with E-state index < -0.39 is 24.4 Å². The summed E-state index contributed by atoms with van der Waals surface area (Å²) in [4.78, 5) is 16.6. The van der Waals surface area contributed by atoms with Crippen molar-refractivity contribution < 1.29 is 18.3 Å². The van der Waals surface area contributed by atoms with Crippen molar-refractivity contribution in [1.82, 2.24) is 29.7 Å². The first kappa shape index (κ1) is 20.0. The predicted molar refractivity (Wildman–Crippen MR) is 105 cm³/mol. The van der Waals surface area contributed by atoms with E-state index in [0.717, 1.165) is 11.1 Å². The molecular formula is C20H22F2N6O2. The average molecular weight is 416 g/mol. The molecule has 3 aromatic heterocycles. The normalized spacial score (nSPS) is 20.9. The van der Waals surface area contributed by atoms with Crippen molar-refractivity contribution in [1.29, 1.82) is 0 Å². The number of carbonyl (C=O) groups is 1. The number of nitrogens with zero attached hydrogens (tertiary/aromatic N) is 5. The van der Waals surface area contributed by atoms with Crippen LogP contribution in [0.2, 0.25) is 0 Å². The largest absolute Gasteiger partial charge is 0.470 e. The molecule has 0 saturated heterocycles. The molecule has 1 amide bonds. The number of rotatable bonds is 7. The third-order valence-corrected chi connectivity index (χ3v) is 5.11. The fourth-order valence-electron chi connectivity index (χ4n) is 3.63. The number of aryl methyl sites for hydroxylation is 1. The van der Waals surface area contributed by atoms with Gasteiger partial charge in [-0.3, -0.25) is 9.48 Å². The molecule has 1 fully saturated rings. The lowest BCUT2D eigenvalue weighted by molar-refractivity contribution is -0.121. The molecule has 0 unspecified atom stereocenters. The van der Waals surface area contributed by atoms with Gasteiger partial charge in [-0.25, -0.2) is 18.3 Å². The summed E-state index contributed by atoms with van der Waals surface area (Å²) in [7, 11) is 1.83. The van der Waals surface area contributed by atoms with Crippen LogP contribution < -0.4 is 10.1 Å². The van der Waals surface area contributed by atoms with Crippen LogP contribution in [0.3, 0.4) is 0 Å². The molecule has 1 N–H and O–H groups in total. The molecule has 0 bridgehead atoms. The summed E-state index contributed by atoms with van der Waals surface area (Å²) in [6.07, 6.45) is 4.87. The topological polar surface area (TPSA) is 86.3 Å². The molecule has 8 nitrogen and oxygen atoms in total. The average Bonchev–Trinajstić information content (AvgIpc) is 3.28. The number of halogens is 2. The number of amides is 1. The molecule has 0 spiro atoms. The molecule has 158 valence electrons. The summed E-state index contributed by atoms with van der Waals surface area (Å²) in [5, 5.41) is 11.2. The smallest absolute Gasteiger partial charge is 0.247 e.